The summed E-state index contributed by atoms with van der Waals surface area (Å²) in [5.74, 6) is 0. The monoisotopic (exact) mass is 197 g/mol. The van der Waals surface area contributed by atoms with Gasteiger partial charge >= 0.3 is 0 Å². The molecule has 3 fully saturated rings. The van der Waals surface area contributed by atoms with E-state index in [1.807, 2.05) is 0 Å². The highest BCUT2D eigenvalue weighted by atomic mass is 27.1. The van der Waals surface area contributed by atoms with Crippen LogP contribution in [0.5, 0.6) is 0 Å². The molecule has 3 saturated heterocycles. The molecule has 0 atom stereocenters. The second kappa shape index (κ2) is 6.84. The van der Waals surface area contributed by atoms with Crippen molar-refractivity contribution in [3.05, 3.63) is 0 Å². The quantitative estimate of drug-likeness (QED) is 0.613. The van der Waals surface area contributed by atoms with Crippen LogP contribution in [0.25, 0.3) is 0 Å². The lowest BCUT2D eigenvalue weighted by Crippen LogP contribution is -2.55. The molecule has 0 aromatic carbocycles. The van der Waals surface area contributed by atoms with Gasteiger partial charge < -0.3 is 0 Å². The van der Waals surface area contributed by atoms with Crippen LogP contribution in [0.1, 0.15) is 13.8 Å². The molecular weight excluding hydrogens is 175 g/mol. The molecule has 0 unspecified atom stereocenters. The van der Waals surface area contributed by atoms with Crippen molar-refractivity contribution in [2.45, 2.75) is 24.4 Å². The molecule has 2 bridgehead atoms. The lowest BCUT2D eigenvalue weighted by atomic mass is 10.2. The molecule has 0 N–H and O–H groups in total. The third-order valence-corrected chi connectivity index (χ3v) is 3.93. The van der Waals surface area contributed by atoms with Gasteiger partial charge in [-0.15, -0.1) is 10.6 Å². The first-order valence-electron chi connectivity index (χ1n) is 5.63. The van der Waals surface area contributed by atoms with Crippen molar-refractivity contribution < 1.29 is 0 Å². The van der Waals surface area contributed by atoms with E-state index in [0.29, 0.717) is 0 Å². The molecule has 2 nitrogen and oxygen atoms in total. The van der Waals surface area contributed by atoms with Crippen LogP contribution in [0.3, 0.4) is 0 Å². The molecule has 3 aliphatic heterocycles. The fourth-order valence-electron chi connectivity index (χ4n) is 1.81. The number of fused-ring (bicyclic) bond motifs is 3. The maximum atomic E-state index is 2.54. The standard InChI is InChI=1S/C6H12N2.2C2H5.Al/c1-2-8-5-3-7(1)4-6-8;2*1-2;/h1-6H2;2*1H2,2H3;. The normalized spacial score (nSPS) is 30.6. The summed E-state index contributed by atoms with van der Waals surface area (Å²) in [4.78, 5) is 5.08. The second-order valence-electron chi connectivity index (χ2n) is 3.79. The van der Waals surface area contributed by atoms with E-state index < -0.39 is 0 Å². The Labute approximate surface area is 89.0 Å². The molecule has 3 heterocycles. The molecule has 0 spiro atoms. The molecule has 0 amide bonds. The van der Waals surface area contributed by atoms with Gasteiger partial charge in [-0.25, -0.2) is 0 Å². The molecular formula is C10H22AlN2. The highest BCUT2D eigenvalue weighted by molar-refractivity contribution is 6.34. The number of piperazine rings is 3. The van der Waals surface area contributed by atoms with Crippen LogP contribution in [0.2, 0.25) is 10.6 Å². The van der Waals surface area contributed by atoms with E-state index in [-0.39, 0.29) is 0 Å². The maximum Gasteiger partial charge on any atom is 0.198 e. The summed E-state index contributed by atoms with van der Waals surface area (Å²) in [7, 11) is 0. The fraction of sp³-hybridized carbons (Fsp3) is 1.00. The molecule has 3 heteroatoms. The van der Waals surface area contributed by atoms with Gasteiger partial charge in [0.05, 0.1) is 0 Å². The molecule has 3 rings (SSSR count). The van der Waals surface area contributed by atoms with E-state index >= 15 is 0 Å². The van der Waals surface area contributed by atoms with Crippen LogP contribution in [-0.2, 0) is 0 Å². The van der Waals surface area contributed by atoms with Gasteiger partial charge in [0, 0.05) is 39.3 Å². The van der Waals surface area contributed by atoms with Gasteiger partial charge in [0.2, 0.25) is 0 Å². The smallest absolute Gasteiger partial charge is 0.198 e. The van der Waals surface area contributed by atoms with Crippen molar-refractivity contribution in [2.24, 2.45) is 0 Å². The summed E-state index contributed by atoms with van der Waals surface area (Å²) < 4.78 is 0. The average Bonchev–Trinajstić information content (AvgIpc) is 2.23. The van der Waals surface area contributed by atoms with Crippen LogP contribution in [0, 0.1) is 0 Å². The van der Waals surface area contributed by atoms with Crippen molar-refractivity contribution in [3.8, 4) is 0 Å². The Kier molecular flexibility index (Phi) is 6.06. The average molecular weight is 197 g/mol. The topological polar surface area (TPSA) is 6.48 Å². The van der Waals surface area contributed by atoms with Gasteiger partial charge in [0.25, 0.3) is 0 Å². The number of hydrogen-bond donors (Lipinski definition) is 0. The molecule has 0 aromatic heterocycles. The molecule has 0 aromatic rings. The summed E-state index contributed by atoms with van der Waals surface area (Å²) in [6.45, 7) is 12.4. The Bertz CT molecular complexity index is 97.1. The Morgan fingerprint density at radius 1 is 0.769 bits per heavy atom. The van der Waals surface area contributed by atoms with Gasteiger partial charge in [-0.05, 0) is 0 Å². The molecule has 3 aliphatic rings. The van der Waals surface area contributed by atoms with Gasteiger partial charge in [0.1, 0.15) is 0 Å². The largest absolute Gasteiger partial charge is 0.300 e. The molecule has 0 aliphatic carbocycles. The van der Waals surface area contributed by atoms with Gasteiger partial charge in [-0.1, -0.05) is 13.8 Å². The molecule has 0 saturated carbocycles. The zero-order valence-electron chi connectivity index (χ0n) is 9.13. The predicted octanol–water partition coefficient (Wildman–Crippen LogP) is 1.18. The van der Waals surface area contributed by atoms with Crippen molar-refractivity contribution in [1.29, 1.82) is 0 Å². The second-order valence-corrected chi connectivity index (χ2v) is 6.00. The third kappa shape index (κ3) is 4.47. The highest BCUT2D eigenvalue weighted by Gasteiger charge is 2.21. The Balaban J connectivity index is 0.000000149. The Morgan fingerprint density at radius 2 is 1.08 bits per heavy atom. The first-order chi connectivity index (χ1) is 6.36. The lowest BCUT2D eigenvalue weighted by Gasteiger charge is -2.41. The van der Waals surface area contributed by atoms with Crippen LogP contribution in [0.4, 0.5) is 0 Å². The van der Waals surface area contributed by atoms with Crippen LogP contribution >= 0.6 is 0 Å². The van der Waals surface area contributed by atoms with E-state index in [1.165, 1.54) is 49.8 Å². The van der Waals surface area contributed by atoms with Gasteiger partial charge in [-0.2, -0.15) is 0 Å². The van der Waals surface area contributed by atoms with Gasteiger partial charge in [-0.3, -0.25) is 9.80 Å². The zero-order valence-corrected chi connectivity index (χ0v) is 10.3. The van der Waals surface area contributed by atoms with Crippen LogP contribution in [0.15, 0.2) is 0 Å². The van der Waals surface area contributed by atoms with Crippen molar-refractivity contribution in [3.63, 3.8) is 0 Å². The van der Waals surface area contributed by atoms with E-state index in [1.54, 1.807) is 0 Å². The first-order valence-corrected chi connectivity index (χ1v) is 7.26. The van der Waals surface area contributed by atoms with Gasteiger partial charge in [0.15, 0.2) is 15.2 Å². The minimum atomic E-state index is 0.815. The predicted molar refractivity (Wildman–Crippen MR) is 59.6 cm³/mol. The number of nitrogens with zero attached hydrogens (tertiary/aromatic N) is 2. The highest BCUT2D eigenvalue weighted by Crippen LogP contribution is 2.06. The SMILES string of the molecule is C1CN2CCN1CC2.C[CH2][Al][CH2]C. The van der Waals surface area contributed by atoms with Crippen LogP contribution in [-0.4, -0.2) is 64.3 Å². The lowest BCUT2D eigenvalue weighted by molar-refractivity contribution is 0.0647. The maximum absolute atomic E-state index is 2.54. The van der Waals surface area contributed by atoms with E-state index in [9.17, 15) is 0 Å². The van der Waals surface area contributed by atoms with E-state index in [0.717, 1.165) is 15.2 Å². The first kappa shape index (κ1) is 11.5. The fourth-order valence-corrected chi connectivity index (χ4v) is 2.39. The Morgan fingerprint density at radius 3 is 1.15 bits per heavy atom. The summed E-state index contributed by atoms with van der Waals surface area (Å²) in [6, 6.07) is 0. The Hall–Kier alpha value is 0.452. The van der Waals surface area contributed by atoms with Crippen LogP contribution < -0.4 is 0 Å². The minimum Gasteiger partial charge on any atom is -0.300 e. The van der Waals surface area contributed by atoms with E-state index in [4.69, 9.17) is 0 Å². The minimum absolute atomic E-state index is 0.815. The van der Waals surface area contributed by atoms with E-state index in [2.05, 4.69) is 23.6 Å². The van der Waals surface area contributed by atoms with Crippen molar-refractivity contribution in [1.82, 2.24) is 9.80 Å². The molecule has 75 valence electrons. The summed E-state index contributed by atoms with van der Waals surface area (Å²) in [5.41, 5.74) is 0. The molecule has 13 heavy (non-hydrogen) atoms. The zero-order chi connectivity index (χ0) is 9.52. The summed E-state index contributed by atoms with van der Waals surface area (Å²) in [5, 5.41) is 2.85. The van der Waals surface area contributed by atoms with Crippen molar-refractivity contribution in [2.75, 3.05) is 39.3 Å². The number of rotatable bonds is 2. The van der Waals surface area contributed by atoms with Crippen molar-refractivity contribution >= 4 is 15.2 Å². The number of hydrogen-bond acceptors (Lipinski definition) is 2. The summed E-state index contributed by atoms with van der Waals surface area (Å²) >= 11 is 0.815. The molecule has 1 radical (unpaired) electrons. The third-order valence-electron chi connectivity index (χ3n) is 2.77. The summed E-state index contributed by atoms with van der Waals surface area (Å²) in [6.07, 6.45) is 0.